The molecule has 0 bridgehead atoms. The molecule has 4 aromatic rings. The molecule has 0 radical (unpaired) electrons. The Morgan fingerprint density at radius 3 is 2.50 bits per heavy atom. The lowest BCUT2D eigenvalue weighted by Gasteiger charge is -2.06. The number of imidazole rings is 1. The third kappa shape index (κ3) is 3.59. The van der Waals surface area contributed by atoms with Gasteiger partial charge < -0.3 is 16.0 Å². The Bertz CT molecular complexity index is 1130. The Kier molecular flexibility index (Phi) is 4.55. The predicted molar refractivity (Wildman–Crippen MR) is 105 cm³/mol. The molecule has 0 saturated carbocycles. The standard InChI is InChI=1S/C21H17N5O2/c22-20(27)14-7-5-13(6-8-14)15-9-16(11-23-10-15)21(28)24-12-19-25-17-3-1-2-4-18(17)26-19/h1-11H,12H2,(H2,22,27)(H,24,28)(H,25,26). The van der Waals surface area contributed by atoms with Crippen LogP contribution in [0.2, 0.25) is 0 Å². The molecule has 0 aliphatic carbocycles. The Morgan fingerprint density at radius 1 is 0.964 bits per heavy atom. The van der Waals surface area contributed by atoms with Crippen LogP contribution in [0.5, 0.6) is 0 Å². The molecule has 2 heterocycles. The second kappa shape index (κ2) is 7.32. The molecule has 2 aromatic carbocycles. The Labute approximate surface area is 160 Å². The zero-order chi connectivity index (χ0) is 19.5. The first kappa shape index (κ1) is 17.4. The molecule has 2 aromatic heterocycles. The van der Waals surface area contributed by atoms with Crippen molar-refractivity contribution in [2.75, 3.05) is 0 Å². The number of fused-ring (bicyclic) bond motifs is 1. The van der Waals surface area contributed by atoms with E-state index in [0.29, 0.717) is 17.0 Å². The van der Waals surface area contributed by atoms with Crippen molar-refractivity contribution in [3.63, 3.8) is 0 Å². The predicted octanol–water partition coefficient (Wildman–Crippen LogP) is 2.65. The number of amides is 2. The van der Waals surface area contributed by atoms with Crippen molar-refractivity contribution in [1.29, 1.82) is 0 Å². The second-order valence-corrected chi connectivity index (χ2v) is 6.29. The van der Waals surface area contributed by atoms with Gasteiger partial charge in [0.2, 0.25) is 5.91 Å². The van der Waals surface area contributed by atoms with Crippen LogP contribution >= 0.6 is 0 Å². The number of hydrogen-bond donors (Lipinski definition) is 3. The van der Waals surface area contributed by atoms with Crippen molar-refractivity contribution >= 4 is 22.8 Å². The second-order valence-electron chi connectivity index (χ2n) is 6.29. The summed E-state index contributed by atoms with van der Waals surface area (Å²) in [6.45, 7) is 0.283. The summed E-state index contributed by atoms with van der Waals surface area (Å²) in [7, 11) is 0. The van der Waals surface area contributed by atoms with Gasteiger partial charge in [-0.1, -0.05) is 24.3 Å². The molecule has 0 unspecified atom stereocenters. The van der Waals surface area contributed by atoms with Crippen molar-refractivity contribution < 1.29 is 9.59 Å². The van der Waals surface area contributed by atoms with Crippen molar-refractivity contribution in [3.8, 4) is 11.1 Å². The molecule has 0 saturated heterocycles. The minimum absolute atomic E-state index is 0.247. The van der Waals surface area contributed by atoms with Crippen LogP contribution < -0.4 is 11.1 Å². The Morgan fingerprint density at radius 2 is 1.75 bits per heavy atom. The molecule has 0 atom stereocenters. The number of carbonyl (C=O) groups is 2. The van der Waals surface area contributed by atoms with Gasteiger partial charge in [0, 0.05) is 23.5 Å². The third-order valence-electron chi connectivity index (χ3n) is 4.36. The van der Waals surface area contributed by atoms with Crippen molar-refractivity contribution in [2.45, 2.75) is 6.54 Å². The molecule has 28 heavy (non-hydrogen) atoms. The molecule has 7 heteroatoms. The number of hydrogen-bond acceptors (Lipinski definition) is 4. The van der Waals surface area contributed by atoms with E-state index >= 15 is 0 Å². The molecule has 0 aliphatic heterocycles. The molecule has 138 valence electrons. The van der Waals surface area contributed by atoms with Crippen LogP contribution in [0, 0.1) is 0 Å². The number of nitrogens with one attached hydrogen (secondary N) is 2. The zero-order valence-electron chi connectivity index (χ0n) is 14.8. The topological polar surface area (TPSA) is 114 Å². The number of aromatic amines is 1. The molecule has 2 amide bonds. The van der Waals surface area contributed by atoms with E-state index in [1.54, 1.807) is 36.5 Å². The van der Waals surface area contributed by atoms with Gasteiger partial charge in [0.25, 0.3) is 5.91 Å². The highest BCUT2D eigenvalue weighted by Gasteiger charge is 2.10. The fourth-order valence-corrected chi connectivity index (χ4v) is 2.90. The SMILES string of the molecule is NC(=O)c1ccc(-c2cncc(C(=O)NCc3nc4ccccc4[nH]3)c2)cc1. The molecular weight excluding hydrogens is 354 g/mol. The Balaban J connectivity index is 1.48. The largest absolute Gasteiger partial charge is 0.366 e. The van der Waals surface area contributed by atoms with E-state index in [0.717, 1.165) is 22.2 Å². The first-order valence-electron chi connectivity index (χ1n) is 8.67. The quantitative estimate of drug-likeness (QED) is 0.500. The van der Waals surface area contributed by atoms with Crippen LogP contribution in [-0.4, -0.2) is 26.8 Å². The fourth-order valence-electron chi connectivity index (χ4n) is 2.90. The maximum atomic E-state index is 12.5. The lowest BCUT2D eigenvalue weighted by Crippen LogP contribution is -2.23. The number of H-pyrrole nitrogens is 1. The number of nitrogens with two attached hydrogens (primary N) is 1. The van der Waals surface area contributed by atoms with E-state index < -0.39 is 5.91 Å². The summed E-state index contributed by atoms with van der Waals surface area (Å²) in [5.41, 5.74) is 9.52. The number of nitrogens with zero attached hydrogens (tertiary/aromatic N) is 2. The summed E-state index contributed by atoms with van der Waals surface area (Å²) in [5.74, 6) is -0.0485. The molecule has 4 rings (SSSR count). The average Bonchev–Trinajstić information content (AvgIpc) is 3.15. The molecule has 0 spiro atoms. The molecule has 0 aliphatic rings. The summed E-state index contributed by atoms with van der Waals surface area (Å²) in [5, 5.41) is 2.85. The highest BCUT2D eigenvalue weighted by molar-refractivity contribution is 5.95. The van der Waals surface area contributed by atoms with E-state index in [9.17, 15) is 9.59 Å². The van der Waals surface area contributed by atoms with Gasteiger partial charge in [-0.2, -0.15) is 0 Å². The monoisotopic (exact) mass is 371 g/mol. The van der Waals surface area contributed by atoms with Gasteiger partial charge in [-0.05, 0) is 35.9 Å². The van der Waals surface area contributed by atoms with E-state index in [4.69, 9.17) is 5.73 Å². The van der Waals surface area contributed by atoms with Gasteiger partial charge in [-0.15, -0.1) is 0 Å². The van der Waals surface area contributed by atoms with Gasteiger partial charge in [-0.25, -0.2) is 4.98 Å². The highest BCUT2D eigenvalue weighted by atomic mass is 16.2. The lowest BCUT2D eigenvalue weighted by atomic mass is 10.0. The van der Waals surface area contributed by atoms with Crippen LogP contribution in [0.1, 0.15) is 26.5 Å². The Hall–Kier alpha value is -4.00. The van der Waals surface area contributed by atoms with Crippen molar-refractivity contribution in [1.82, 2.24) is 20.3 Å². The number of aromatic nitrogens is 3. The van der Waals surface area contributed by atoms with Gasteiger partial charge in [0.15, 0.2) is 0 Å². The summed E-state index contributed by atoms with van der Waals surface area (Å²) < 4.78 is 0. The van der Waals surface area contributed by atoms with E-state index in [-0.39, 0.29) is 12.5 Å². The number of pyridine rings is 1. The molecule has 7 nitrogen and oxygen atoms in total. The average molecular weight is 371 g/mol. The van der Waals surface area contributed by atoms with Crippen LogP contribution in [0.25, 0.3) is 22.2 Å². The van der Waals surface area contributed by atoms with Crippen LogP contribution in [0.3, 0.4) is 0 Å². The maximum Gasteiger partial charge on any atom is 0.253 e. The number of primary amides is 1. The number of benzene rings is 2. The van der Waals surface area contributed by atoms with Gasteiger partial charge in [-0.3, -0.25) is 14.6 Å². The first-order chi connectivity index (χ1) is 13.6. The summed E-state index contributed by atoms with van der Waals surface area (Å²) in [6, 6.07) is 16.3. The smallest absolute Gasteiger partial charge is 0.253 e. The maximum absolute atomic E-state index is 12.5. The minimum Gasteiger partial charge on any atom is -0.366 e. The van der Waals surface area contributed by atoms with E-state index in [2.05, 4.69) is 20.3 Å². The lowest BCUT2D eigenvalue weighted by molar-refractivity contribution is 0.0948. The van der Waals surface area contributed by atoms with Gasteiger partial charge >= 0.3 is 0 Å². The van der Waals surface area contributed by atoms with E-state index in [1.807, 2.05) is 24.3 Å². The third-order valence-corrected chi connectivity index (χ3v) is 4.36. The van der Waals surface area contributed by atoms with Crippen LogP contribution in [0.15, 0.2) is 67.0 Å². The number of carbonyl (C=O) groups excluding carboxylic acids is 2. The summed E-state index contributed by atoms with van der Waals surface area (Å²) >= 11 is 0. The molecule has 0 fully saturated rings. The normalized spacial score (nSPS) is 10.7. The molecular formula is C21H17N5O2. The number of para-hydroxylation sites is 2. The molecule has 4 N–H and O–H groups in total. The van der Waals surface area contributed by atoms with E-state index in [1.165, 1.54) is 6.20 Å². The van der Waals surface area contributed by atoms with Gasteiger partial charge in [0.05, 0.1) is 23.1 Å². The van der Waals surface area contributed by atoms with Crippen LogP contribution in [-0.2, 0) is 6.54 Å². The zero-order valence-corrected chi connectivity index (χ0v) is 14.8. The summed E-state index contributed by atoms with van der Waals surface area (Å²) in [6.07, 6.45) is 3.17. The van der Waals surface area contributed by atoms with Gasteiger partial charge in [0.1, 0.15) is 5.82 Å². The number of rotatable bonds is 5. The summed E-state index contributed by atoms with van der Waals surface area (Å²) in [4.78, 5) is 35.5. The van der Waals surface area contributed by atoms with Crippen molar-refractivity contribution in [2.24, 2.45) is 5.73 Å². The minimum atomic E-state index is -0.483. The first-order valence-corrected chi connectivity index (χ1v) is 8.67. The fraction of sp³-hybridized carbons (Fsp3) is 0.0476. The highest BCUT2D eigenvalue weighted by Crippen LogP contribution is 2.20. The van der Waals surface area contributed by atoms with Crippen molar-refractivity contribution in [3.05, 3.63) is 83.9 Å². The van der Waals surface area contributed by atoms with Crippen LogP contribution in [0.4, 0.5) is 0 Å².